The second kappa shape index (κ2) is 7.08. The van der Waals surface area contributed by atoms with Gasteiger partial charge in [-0.15, -0.1) is 0 Å². The molecule has 0 unspecified atom stereocenters. The van der Waals surface area contributed by atoms with Gasteiger partial charge < -0.3 is 15.0 Å². The fourth-order valence-electron chi connectivity index (χ4n) is 1.71. The average molecular weight is 351 g/mol. The summed E-state index contributed by atoms with van der Waals surface area (Å²) in [5.41, 5.74) is 1.02. The minimum Gasteiger partial charge on any atom is -0.484 e. The van der Waals surface area contributed by atoms with Crippen LogP contribution in [0.15, 0.2) is 45.8 Å². The number of H-pyrrole nitrogens is 1. The van der Waals surface area contributed by atoms with Crippen LogP contribution in [0.5, 0.6) is 5.75 Å². The number of amides is 1. The summed E-state index contributed by atoms with van der Waals surface area (Å²) < 4.78 is 6.05. The third-order valence-electron chi connectivity index (χ3n) is 2.84. The lowest BCUT2D eigenvalue weighted by Crippen LogP contribution is -2.24. The Morgan fingerprint density at radius 3 is 2.71 bits per heavy atom. The van der Waals surface area contributed by atoms with Gasteiger partial charge in [-0.25, -0.2) is 0 Å². The fourth-order valence-corrected chi connectivity index (χ4v) is 2.05. The van der Waals surface area contributed by atoms with Crippen LogP contribution in [0.2, 0.25) is 0 Å². The molecular weight excluding hydrogens is 336 g/mol. The number of aromatic amines is 1. The van der Waals surface area contributed by atoms with Gasteiger partial charge >= 0.3 is 0 Å². The standard InChI is InChI=1S/C15H15BrN2O3/c1-2-10-3-5-12(6-4-10)21-9-14(19)18-13-7-11(16)8-17-15(13)20/h3-8H,2,9H2,1H3,(H,17,20)(H,18,19). The summed E-state index contributed by atoms with van der Waals surface area (Å²) in [4.78, 5) is 25.8. The van der Waals surface area contributed by atoms with Crippen molar-refractivity contribution in [1.29, 1.82) is 0 Å². The smallest absolute Gasteiger partial charge is 0.271 e. The van der Waals surface area contributed by atoms with Gasteiger partial charge in [-0.3, -0.25) is 9.59 Å². The number of anilines is 1. The van der Waals surface area contributed by atoms with Gasteiger partial charge in [0.1, 0.15) is 11.4 Å². The van der Waals surface area contributed by atoms with Gasteiger partial charge in [0, 0.05) is 10.7 Å². The van der Waals surface area contributed by atoms with E-state index in [2.05, 4.69) is 33.2 Å². The Kier molecular flexibility index (Phi) is 5.16. The maximum Gasteiger partial charge on any atom is 0.271 e. The van der Waals surface area contributed by atoms with Crippen molar-refractivity contribution in [3.63, 3.8) is 0 Å². The van der Waals surface area contributed by atoms with E-state index in [4.69, 9.17) is 4.74 Å². The van der Waals surface area contributed by atoms with Crippen LogP contribution < -0.4 is 15.6 Å². The quantitative estimate of drug-likeness (QED) is 0.870. The van der Waals surface area contributed by atoms with E-state index < -0.39 is 5.91 Å². The number of pyridine rings is 1. The normalized spacial score (nSPS) is 10.2. The Labute approximate surface area is 130 Å². The lowest BCUT2D eigenvalue weighted by molar-refractivity contribution is -0.118. The Hall–Kier alpha value is -2.08. The Balaban J connectivity index is 1.92. The van der Waals surface area contributed by atoms with E-state index in [1.807, 2.05) is 24.3 Å². The second-order valence-corrected chi connectivity index (χ2v) is 5.31. The Morgan fingerprint density at radius 1 is 1.33 bits per heavy atom. The van der Waals surface area contributed by atoms with E-state index in [0.717, 1.165) is 6.42 Å². The molecule has 1 aromatic heterocycles. The molecule has 0 aliphatic heterocycles. The van der Waals surface area contributed by atoms with E-state index in [-0.39, 0.29) is 17.9 Å². The van der Waals surface area contributed by atoms with Crippen molar-refractivity contribution in [2.45, 2.75) is 13.3 Å². The minimum atomic E-state index is -0.391. The van der Waals surface area contributed by atoms with E-state index in [1.165, 1.54) is 17.8 Å². The molecular formula is C15H15BrN2O3. The molecule has 5 nitrogen and oxygen atoms in total. The number of carbonyl (C=O) groups is 1. The van der Waals surface area contributed by atoms with Crippen molar-refractivity contribution in [3.05, 3.63) is 56.9 Å². The number of halogens is 1. The number of carbonyl (C=O) groups excluding carboxylic acids is 1. The van der Waals surface area contributed by atoms with Crippen molar-refractivity contribution in [2.75, 3.05) is 11.9 Å². The number of ether oxygens (including phenoxy) is 1. The molecule has 0 radical (unpaired) electrons. The van der Waals surface area contributed by atoms with E-state index >= 15 is 0 Å². The number of rotatable bonds is 5. The van der Waals surface area contributed by atoms with Crippen LogP contribution in [0.4, 0.5) is 5.69 Å². The largest absolute Gasteiger partial charge is 0.484 e. The van der Waals surface area contributed by atoms with Crippen LogP contribution in [-0.4, -0.2) is 17.5 Å². The predicted octanol–water partition coefficient (Wildman–Crippen LogP) is 2.72. The van der Waals surface area contributed by atoms with E-state index in [9.17, 15) is 9.59 Å². The van der Waals surface area contributed by atoms with Gasteiger partial charge in [-0.05, 0) is 46.1 Å². The second-order valence-electron chi connectivity index (χ2n) is 4.40. The molecule has 2 aromatic rings. The van der Waals surface area contributed by atoms with Crippen LogP contribution in [0.1, 0.15) is 12.5 Å². The maximum atomic E-state index is 11.8. The Morgan fingerprint density at radius 2 is 2.05 bits per heavy atom. The van der Waals surface area contributed by atoms with Crippen molar-refractivity contribution in [2.24, 2.45) is 0 Å². The summed E-state index contributed by atoms with van der Waals surface area (Å²) in [6.07, 6.45) is 2.45. The highest BCUT2D eigenvalue weighted by atomic mass is 79.9. The molecule has 21 heavy (non-hydrogen) atoms. The Bertz CT molecular complexity index is 680. The first-order chi connectivity index (χ1) is 10.1. The highest BCUT2D eigenvalue weighted by Gasteiger charge is 2.07. The summed E-state index contributed by atoms with van der Waals surface area (Å²) in [5, 5.41) is 2.51. The fraction of sp³-hybridized carbons (Fsp3) is 0.200. The molecule has 0 bridgehead atoms. The van der Waals surface area contributed by atoms with Crippen LogP contribution >= 0.6 is 15.9 Å². The molecule has 1 aromatic carbocycles. The molecule has 0 atom stereocenters. The minimum absolute atomic E-state index is 0.155. The topological polar surface area (TPSA) is 71.2 Å². The molecule has 0 spiro atoms. The molecule has 0 saturated carbocycles. The van der Waals surface area contributed by atoms with Gasteiger partial charge in [-0.1, -0.05) is 19.1 Å². The lowest BCUT2D eigenvalue weighted by atomic mass is 10.2. The van der Waals surface area contributed by atoms with Crippen LogP contribution in [0.25, 0.3) is 0 Å². The van der Waals surface area contributed by atoms with Crippen LogP contribution in [-0.2, 0) is 11.2 Å². The van der Waals surface area contributed by atoms with Crippen molar-refractivity contribution < 1.29 is 9.53 Å². The molecule has 0 aliphatic rings. The number of hydrogen-bond acceptors (Lipinski definition) is 3. The molecule has 6 heteroatoms. The van der Waals surface area contributed by atoms with Gasteiger partial charge in [0.2, 0.25) is 0 Å². The van der Waals surface area contributed by atoms with Crippen molar-refractivity contribution in [1.82, 2.24) is 4.98 Å². The van der Waals surface area contributed by atoms with Crippen molar-refractivity contribution in [3.8, 4) is 5.75 Å². The lowest BCUT2D eigenvalue weighted by Gasteiger charge is -2.07. The van der Waals surface area contributed by atoms with Gasteiger partial charge in [-0.2, -0.15) is 0 Å². The van der Waals surface area contributed by atoms with Crippen LogP contribution in [0, 0.1) is 0 Å². The summed E-state index contributed by atoms with van der Waals surface area (Å²) >= 11 is 3.22. The van der Waals surface area contributed by atoms with E-state index in [0.29, 0.717) is 10.2 Å². The first-order valence-electron chi connectivity index (χ1n) is 6.48. The molecule has 0 fully saturated rings. The third kappa shape index (κ3) is 4.46. The number of benzene rings is 1. The van der Waals surface area contributed by atoms with Crippen LogP contribution in [0.3, 0.4) is 0 Å². The monoisotopic (exact) mass is 350 g/mol. The summed E-state index contributed by atoms with van der Waals surface area (Å²) in [7, 11) is 0. The summed E-state index contributed by atoms with van der Waals surface area (Å²) in [5.74, 6) is 0.226. The summed E-state index contributed by atoms with van der Waals surface area (Å²) in [6, 6.07) is 9.07. The molecule has 110 valence electrons. The zero-order valence-electron chi connectivity index (χ0n) is 11.5. The van der Waals surface area contributed by atoms with Gasteiger partial charge in [0.25, 0.3) is 11.5 Å². The zero-order valence-corrected chi connectivity index (χ0v) is 13.1. The molecule has 0 aliphatic carbocycles. The molecule has 0 saturated heterocycles. The third-order valence-corrected chi connectivity index (χ3v) is 3.30. The number of hydrogen-bond donors (Lipinski definition) is 2. The SMILES string of the molecule is CCc1ccc(OCC(=O)Nc2cc(Br)c[nH]c2=O)cc1. The molecule has 1 amide bonds. The van der Waals surface area contributed by atoms with E-state index in [1.54, 1.807) is 0 Å². The molecule has 2 N–H and O–H groups in total. The highest BCUT2D eigenvalue weighted by Crippen LogP contribution is 2.13. The molecule has 1 heterocycles. The number of aromatic nitrogens is 1. The van der Waals surface area contributed by atoms with Gasteiger partial charge in [0.15, 0.2) is 6.61 Å². The highest BCUT2D eigenvalue weighted by molar-refractivity contribution is 9.10. The van der Waals surface area contributed by atoms with Crippen molar-refractivity contribution >= 4 is 27.5 Å². The number of aryl methyl sites for hydroxylation is 1. The number of nitrogens with one attached hydrogen (secondary N) is 2. The predicted molar refractivity (Wildman–Crippen MR) is 84.7 cm³/mol. The average Bonchev–Trinajstić information content (AvgIpc) is 2.49. The maximum absolute atomic E-state index is 11.8. The first kappa shape index (κ1) is 15.3. The zero-order chi connectivity index (χ0) is 15.2. The summed E-state index contributed by atoms with van der Waals surface area (Å²) in [6.45, 7) is 1.91. The molecule has 2 rings (SSSR count). The van der Waals surface area contributed by atoms with Gasteiger partial charge in [0.05, 0.1) is 0 Å². The first-order valence-corrected chi connectivity index (χ1v) is 7.27.